The number of rotatable bonds is 4. The highest BCUT2D eigenvalue weighted by Gasteiger charge is 2.17. The lowest BCUT2D eigenvalue weighted by atomic mass is 10.2. The van der Waals surface area contributed by atoms with Crippen LogP contribution in [0.1, 0.15) is 5.69 Å². The molecule has 0 unspecified atom stereocenters. The van der Waals surface area contributed by atoms with Gasteiger partial charge in [0.25, 0.3) is 0 Å². The van der Waals surface area contributed by atoms with E-state index in [0.29, 0.717) is 31.2 Å². The SMILES string of the molecule is Cc1ccc2c(Cl)cc(Cl)c(OC(=O)COc3ccc(Cl)cc3Br)c2n1. The quantitative estimate of drug-likeness (QED) is 0.331. The van der Waals surface area contributed by atoms with Gasteiger partial charge in [-0.3, -0.25) is 0 Å². The van der Waals surface area contributed by atoms with E-state index < -0.39 is 5.97 Å². The van der Waals surface area contributed by atoms with Gasteiger partial charge in [-0.1, -0.05) is 34.8 Å². The Morgan fingerprint density at radius 2 is 1.88 bits per heavy atom. The van der Waals surface area contributed by atoms with Gasteiger partial charge in [-0.25, -0.2) is 9.78 Å². The van der Waals surface area contributed by atoms with Gasteiger partial charge in [0, 0.05) is 16.1 Å². The van der Waals surface area contributed by atoms with Gasteiger partial charge >= 0.3 is 5.97 Å². The Bertz CT molecular complexity index is 1010. The fraction of sp³-hybridized carbons (Fsp3) is 0.111. The summed E-state index contributed by atoms with van der Waals surface area (Å²) in [7, 11) is 0. The van der Waals surface area contributed by atoms with Crippen molar-refractivity contribution >= 4 is 67.6 Å². The van der Waals surface area contributed by atoms with Crippen molar-refractivity contribution < 1.29 is 14.3 Å². The highest BCUT2D eigenvalue weighted by Crippen LogP contribution is 2.37. The van der Waals surface area contributed by atoms with E-state index in [2.05, 4.69) is 20.9 Å². The van der Waals surface area contributed by atoms with Crippen molar-refractivity contribution in [3.63, 3.8) is 0 Å². The van der Waals surface area contributed by atoms with Crippen LogP contribution in [0.5, 0.6) is 11.5 Å². The maximum absolute atomic E-state index is 12.2. The van der Waals surface area contributed by atoms with Crippen molar-refractivity contribution in [3.05, 3.63) is 61.6 Å². The molecule has 1 heterocycles. The van der Waals surface area contributed by atoms with Crippen LogP contribution in [0.3, 0.4) is 0 Å². The van der Waals surface area contributed by atoms with Gasteiger partial charge < -0.3 is 9.47 Å². The van der Waals surface area contributed by atoms with Crippen LogP contribution in [0.15, 0.2) is 40.9 Å². The molecule has 0 aliphatic rings. The van der Waals surface area contributed by atoms with Gasteiger partial charge in [-0.2, -0.15) is 0 Å². The first kappa shape index (κ1) is 19.2. The Balaban J connectivity index is 1.82. The zero-order valence-corrected chi connectivity index (χ0v) is 17.2. The van der Waals surface area contributed by atoms with Crippen molar-refractivity contribution in [2.45, 2.75) is 6.92 Å². The van der Waals surface area contributed by atoms with E-state index in [1.165, 1.54) is 6.07 Å². The molecule has 4 nitrogen and oxygen atoms in total. The zero-order valence-electron chi connectivity index (χ0n) is 13.4. The number of aromatic nitrogens is 1. The third-order valence-electron chi connectivity index (χ3n) is 3.43. The molecular formula is C18H11BrCl3NO3. The van der Waals surface area contributed by atoms with E-state index >= 15 is 0 Å². The summed E-state index contributed by atoms with van der Waals surface area (Å²) in [5.74, 6) is -0.00778. The number of carbonyl (C=O) groups is 1. The van der Waals surface area contributed by atoms with Crippen molar-refractivity contribution in [1.82, 2.24) is 4.98 Å². The number of hydrogen-bond acceptors (Lipinski definition) is 4. The molecule has 134 valence electrons. The third kappa shape index (κ3) is 4.23. The Kier molecular flexibility index (Phi) is 5.92. The predicted octanol–water partition coefficient (Wildman–Crippen LogP) is 6.25. The normalized spacial score (nSPS) is 10.8. The minimum Gasteiger partial charge on any atom is -0.481 e. The molecule has 0 N–H and O–H groups in total. The van der Waals surface area contributed by atoms with E-state index in [-0.39, 0.29) is 17.4 Å². The Labute approximate surface area is 173 Å². The van der Waals surface area contributed by atoms with Crippen LogP contribution < -0.4 is 9.47 Å². The van der Waals surface area contributed by atoms with Gasteiger partial charge in [0.2, 0.25) is 0 Å². The standard InChI is InChI=1S/C18H11BrCl3NO3/c1-9-2-4-11-13(21)7-14(22)18(17(11)23-9)26-16(24)8-25-15-5-3-10(20)6-12(15)19/h2-7H,8H2,1H3. The maximum Gasteiger partial charge on any atom is 0.349 e. The predicted molar refractivity (Wildman–Crippen MR) is 107 cm³/mol. The lowest BCUT2D eigenvalue weighted by molar-refractivity contribution is -0.136. The molecule has 0 saturated heterocycles. The van der Waals surface area contributed by atoms with Crippen molar-refractivity contribution in [3.8, 4) is 11.5 Å². The maximum atomic E-state index is 12.2. The number of halogens is 4. The van der Waals surface area contributed by atoms with E-state index in [0.717, 1.165) is 5.69 Å². The van der Waals surface area contributed by atoms with Crippen LogP contribution in [-0.2, 0) is 4.79 Å². The highest BCUT2D eigenvalue weighted by atomic mass is 79.9. The number of fused-ring (bicyclic) bond motifs is 1. The molecule has 0 aliphatic heterocycles. The summed E-state index contributed by atoms with van der Waals surface area (Å²) in [6, 6.07) is 10.1. The summed E-state index contributed by atoms with van der Waals surface area (Å²) in [5, 5.41) is 1.82. The molecule has 2 aromatic carbocycles. The molecule has 0 fully saturated rings. The Morgan fingerprint density at radius 3 is 2.62 bits per heavy atom. The molecular weight excluding hydrogens is 464 g/mol. The molecule has 0 atom stereocenters. The van der Waals surface area contributed by atoms with Crippen LogP contribution in [0.25, 0.3) is 10.9 Å². The monoisotopic (exact) mass is 473 g/mol. The molecule has 0 bridgehead atoms. The van der Waals surface area contributed by atoms with Crippen molar-refractivity contribution in [2.75, 3.05) is 6.61 Å². The topological polar surface area (TPSA) is 48.4 Å². The fourth-order valence-electron chi connectivity index (χ4n) is 2.26. The molecule has 8 heteroatoms. The van der Waals surface area contributed by atoms with Gasteiger partial charge in [0.15, 0.2) is 12.4 Å². The van der Waals surface area contributed by atoms with E-state index in [1.807, 2.05) is 13.0 Å². The minimum absolute atomic E-state index is 0.151. The number of hydrogen-bond donors (Lipinski definition) is 0. The molecule has 0 aliphatic carbocycles. The lowest BCUT2D eigenvalue weighted by Crippen LogP contribution is -2.18. The zero-order chi connectivity index (χ0) is 18.8. The molecule has 3 aromatic rings. The van der Waals surface area contributed by atoms with Crippen LogP contribution in [0, 0.1) is 6.92 Å². The summed E-state index contributed by atoms with van der Waals surface area (Å²) < 4.78 is 11.5. The molecule has 0 saturated carbocycles. The average Bonchev–Trinajstić information content (AvgIpc) is 2.57. The largest absolute Gasteiger partial charge is 0.481 e. The highest BCUT2D eigenvalue weighted by molar-refractivity contribution is 9.10. The lowest BCUT2D eigenvalue weighted by Gasteiger charge is -2.12. The number of esters is 1. The second-order valence-corrected chi connectivity index (χ2v) is 7.46. The molecule has 3 rings (SSSR count). The van der Waals surface area contributed by atoms with Crippen LogP contribution in [0.2, 0.25) is 15.1 Å². The number of benzene rings is 2. The first-order chi connectivity index (χ1) is 12.3. The molecule has 0 spiro atoms. The fourth-order valence-corrected chi connectivity index (χ4v) is 3.61. The number of aryl methyl sites for hydroxylation is 1. The van der Waals surface area contributed by atoms with Crippen LogP contribution in [0.4, 0.5) is 0 Å². The summed E-state index contributed by atoms with van der Waals surface area (Å²) in [5.41, 5.74) is 1.16. The van der Waals surface area contributed by atoms with E-state index in [1.54, 1.807) is 24.3 Å². The number of ether oxygens (including phenoxy) is 2. The first-order valence-corrected chi connectivity index (χ1v) is 9.31. The van der Waals surface area contributed by atoms with Crippen LogP contribution in [-0.4, -0.2) is 17.6 Å². The second kappa shape index (κ2) is 8.01. The summed E-state index contributed by atoms with van der Waals surface area (Å²) >= 11 is 21.6. The van der Waals surface area contributed by atoms with Gasteiger partial charge in [-0.15, -0.1) is 0 Å². The minimum atomic E-state index is -0.624. The molecule has 1 aromatic heterocycles. The Morgan fingerprint density at radius 1 is 1.12 bits per heavy atom. The molecule has 26 heavy (non-hydrogen) atoms. The van der Waals surface area contributed by atoms with Gasteiger partial charge in [0.1, 0.15) is 11.3 Å². The summed E-state index contributed by atoms with van der Waals surface area (Å²) in [6.07, 6.45) is 0. The summed E-state index contributed by atoms with van der Waals surface area (Å²) in [4.78, 5) is 16.6. The molecule has 0 amide bonds. The third-order valence-corrected chi connectivity index (χ3v) is 4.88. The number of pyridine rings is 1. The number of carbonyl (C=O) groups excluding carboxylic acids is 1. The van der Waals surface area contributed by atoms with Gasteiger partial charge in [0.05, 0.1) is 14.5 Å². The first-order valence-electron chi connectivity index (χ1n) is 7.39. The smallest absolute Gasteiger partial charge is 0.349 e. The van der Waals surface area contributed by atoms with Crippen molar-refractivity contribution in [2.24, 2.45) is 0 Å². The molecule has 0 radical (unpaired) electrons. The van der Waals surface area contributed by atoms with Gasteiger partial charge in [-0.05, 0) is 59.3 Å². The average molecular weight is 476 g/mol. The second-order valence-electron chi connectivity index (χ2n) is 5.36. The van der Waals surface area contributed by atoms with Crippen molar-refractivity contribution in [1.29, 1.82) is 0 Å². The Hall–Kier alpha value is -1.53. The number of nitrogens with zero attached hydrogens (tertiary/aromatic N) is 1. The summed E-state index contributed by atoms with van der Waals surface area (Å²) in [6.45, 7) is 1.51. The van der Waals surface area contributed by atoms with Crippen LogP contribution >= 0.6 is 50.7 Å². The van der Waals surface area contributed by atoms with E-state index in [4.69, 9.17) is 44.3 Å². The van der Waals surface area contributed by atoms with E-state index in [9.17, 15) is 4.79 Å².